The summed E-state index contributed by atoms with van der Waals surface area (Å²) in [5.74, 6) is 0.560. The Bertz CT molecular complexity index is 802. The molecule has 2 N–H and O–H groups in total. The van der Waals surface area contributed by atoms with Crippen molar-refractivity contribution in [2.24, 2.45) is 0 Å². The Labute approximate surface area is 135 Å². The summed E-state index contributed by atoms with van der Waals surface area (Å²) in [7, 11) is 0. The van der Waals surface area contributed by atoms with Crippen LogP contribution in [0.1, 0.15) is 26.3 Å². The van der Waals surface area contributed by atoms with E-state index in [1.54, 1.807) is 18.2 Å². The summed E-state index contributed by atoms with van der Waals surface area (Å²) in [6.07, 6.45) is 0. The number of nitrogens with one attached hydrogen (secondary N) is 1. The van der Waals surface area contributed by atoms with E-state index < -0.39 is 0 Å². The Morgan fingerprint density at radius 1 is 0.957 bits per heavy atom. The molecule has 0 amide bonds. The normalized spacial score (nSPS) is 11.4. The molecule has 0 bridgehead atoms. The second kappa shape index (κ2) is 5.76. The minimum absolute atomic E-state index is 0.102. The van der Waals surface area contributed by atoms with E-state index in [0.29, 0.717) is 11.6 Å². The summed E-state index contributed by atoms with van der Waals surface area (Å²) in [5, 5.41) is 20.7. The van der Waals surface area contributed by atoms with Crippen LogP contribution in [-0.4, -0.2) is 15.3 Å². The standard InChI is InChI=1S/C18H19N3O2/c1-18(2,3)13-10-8-12(9-11-13)16-20-21-17(23-16)19-14-6-4-5-7-15(14)22/h4-11,22H,1-3H3,(H,19,21). The lowest BCUT2D eigenvalue weighted by atomic mass is 9.87. The predicted octanol–water partition coefficient (Wildman–Crippen LogP) is 4.48. The van der Waals surface area contributed by atoms with Gasteiger partial charge in [-0.1, -0.05) is 50.1 Å². The molecule has 1 heterocycles. The van der Waals surface area contributed by atoms with Crippen molar-refractivity contribution in [2.45, 2.75) is 26.2 Å². The summed E-state index contributed by atoms with van der Waals surface area (Å²) < 4.78 is 5.61. The van der Waals surface area contributed by atoms with Gasteiger partial charge in [-0.25, -0.2) is 0 Å². The molecule has 3 aromatic rings. The van der Waals surface area contributed by atoms with Crippen LogP contribution in [-0.2, 0) is 5.41 Å². The molecule has 2 aromatic carbocycles. The van der Waals surface area contributed by atoms with E-state index in [0.717, 1.165) is 5.56 Å². The van der Waals surface area contributed by atoms with Crippen LogP contribution in [0.4, 0.5) is 11.7 Å². The van der Waals surface area contributed by atoms with Crippen molar-refractivity contribution in [1.82, 2.24) is 10.2 Å². The Morgan fingerprint density at radius 2 is 1.65 bits per heavy atom. The zero-order valence-electron chi connectivity index (χ0n) is 13.4. The summed E-state index contributed by atoms with van der Waals surface area (Å²) in [6, 6.07) is 15.2. The Balaban J connectivity index is 1.81. The van der Waals surface area contributed by atoms with Gasteiger partial charge in [0.2, 0.25) is 5.89 Å². The molecule has 0 aliphatic carbocycles. The van der Waals surface area contributed by atoms with Crippen LogP contribution in [0, 0.1) is 0 Å². The molecule has 0 fully saturated rings. The summed E-state index contributed by atoms with van der Waals surface area (Å²) in [4.78, 5) is 0. The van der Waals surface area contributed by atoms with Crippen LogP contribution < -0.4 is 5.32 Å². The maximum atomic E-state index is 9.75. The third-order valence-electron chi connectivity index (χ3n) is 3.57. The Kier molecular flexibility index (Phi) is 3.78. The molecule has 0 saturated heterocycles. The van der Waals surface area contributed by atoms with E-state index in [9.17, 15) is 5.11 Å². The van der Waals surface area contributed by atoms with Gasteiger partial charge < -0.3 is 14.8 Å². The third kappa shape index (κ3) is 3.34. The fraction of sp³-hybridized carbons (Fsp3) is 0.222. The van der Waals surface area contributed by atoms with Crippen LogP contribution in [0.3, 0.4) is 0 Å². The molecular formula is C18H19N3O2. The smallest absolute Gasteiger partial charge is 0.320 e. The minimum atomic E-state index is 0.102. The first-order chi connectivity index (χ1) is 10.9. The number of nitrogens with zero attached hydrogens (tertiary/aromatic N) is 2. The van der Waals surface area contributed by atoms with Crippen LogP contribution in [0.15, 0.2) is 52.9 Å². The molecule has 5 heteroatoms. The van der Waals surface area contributed by atoms with Gasteiger partial charge in [0.15, 0.2) is 0 Å². The number of benzene rings is 2. The lowest BCUT2D eigenvalue weighted by molar-refractivity contribution is 0.477. The highest BCUT2D eigenvalue weighted by atomic mass is 16.4. The topological polar surface area (TPSA) is 71.2 Å². The number of para-hydroxylation sites is 2. The van der Waals surface area contributed by atoms with E-state index >= 15 is 0 Å². The number of aromatic hydroxyl groups is 1. The monoisotopic (exact) mass is 309 g/mol. The molecule has 0 aliphatic rings. The number of phenols is 1. The predicted molar refractivity (Wildman–Crippen MR) is 89.8 cm³/mol. The van der Waals surface area contributed by atoms with Gasteiger partial charge in [0.1, 0.15) is 5.75 Å². The highest BCUT2D eigenvalue weighted by molar-refractivity contribution is 5.62. The lowest BCUT2D eigenvalue weighted by Crippen LogP contribution is -2.10. The number of hydrogen-bond acceptors (Lipinski definition) is 5. The molecule has 0 atom stereocenters. The highest BCUT2D eigenvalue weighted by Gasteiger charge is 2.15. The van der Waals surface area contributed by atoms with Gasteiger partial charge in [-0.15, -0.1) is 5.10 Å². The third-order valence-corrected chi connectivity index (χ3v) is 3.57. The summed E-state index contributed by atoms with van der Waals surface area (Å²) >= 11 is 0. The molecule has 0 aliphatic heterocycles. The number of anilines is 2. The van der Waals surface area contributed by atoms with Crippen molar-refractivity contribution in [3.05, 3.63) is 54.1 Å². The van der Waals surface area contributed by atoms with Gasteiger partial charge in [-0.3, -0.25) is 0 Å². The summed E-state index contributed by atoms with van der Waals surface area (Å²) in [6.45, 7) is 6.51. The quantitative estimate of drug-likeness (QED) is 0.698. The second-order valence-corrected chi connectivity index (χ2v) is 6.38. The van der Waals surface area contributed by atoms with Crippen molar-refractivity contribution in [1.29, 1.82) is 0 Å². The van der Waals surface area contributed by atoms with Crippen LogP contribution in [0.5, 0.6) is 5.75 Å². The van der Waals surface area contributed by atoms with E-state index in [2.05, 4.69) is 48.4 Å². The maximum absolute atomic E-state index is 9.75. The fourth-order valence-corrected chi connectivity index (χ4v) is 2.20. The van der Waals surface area contributed by atoms with Crippen LogP contribution >= 0.6 is 0 Å². The number of hydrogen-bond donors (Lipinski definition) is 2. The van der Waals surface area contributed by atoms with Crippen LogP contribution in [0.25, 0.3) is 11.5 Å². The van der Waals surface area contributed by atoms with E-state index in [4.69, 9.17) is 4.42 Å². The zero-order valence-corrected chi connectivity index (χ0v) is 13.4. The molecule has 118 valence electrons. The largest absolute Gasteiger partial charge is 0.506 e. The first kappa shape index (κ1) is 15.1. The van der Waals surface area contributed by atoms with Gasteiger partial charge in [0.25, 0.3) is 0 Å². The molecule has 0 unspecified atom stereocenters. The van der Waals surface area contributed by atoms with Crippen molar-refractivity contribution in [2.75, 3.05) is 5.32 Å². The van der Waals surface area contributed by atoms with Crippen molar-refractivity contribution >= 4 is 11.7 Å². The van der Waals surface area contributed by atoms with Gasteiger partial charge in [-0.05, 0) is 35.2 Å². The average Bonchev–Trinajstić information content (AvgIpc) is 2.97. The first-order valence-corrected chi connectivity index (χ1v) is 7.43. The van der Waals surface area contributed by atoms with Crippen molar-refractivity contribution < 1.29 is 9.52 Å². The second-order valence-electron chi connectivity index (χ2n) is 6.38. The number of phenolic OH excluding ortho intramolecular Hbond substituents is 1. The molecule has 0 saturated carbocycles. The molecular weight excluding hydrogens is 290 g/mol. The van der Waals surface area contributed by atoms with E-state index in [1.807, 2.05) is 18.2 Å². The van der Waals surface area contributed by atoms with E-state index in [-0.39, 0.29) is 17.2 Å². The molecule has 3 rings (SSSR count). The number of rotatable bonds is 3. The van der Waals surface area contributed by atoms with Gasteiger partial charge in [0, 0.05) is 5.56 Å². The molecule has 0 spiro atoms. The van der Waals surface area contributed by atoms with Crippen LogP contribution in [0.2, 0.25) is 0 Å². The average molecular weight is 309 g/mol. The maximum Gasteiger partial charge on any atom is 0.320 e. The van der Waals surface area contributed by atoms with Gasteiger partial charge >= 0.3 is 6.01 Å². The molecule has 5 nitrogen and oxygen atoms in total. The van der Waals surface area contributed by atoms with Crippen molar-refractivity contribution in [3.63, 3.8) is 0 Å². The Morgan fingerprint density at radius 3 is 2.30 bits per heavy atom. The summed E-state index contributed by atoms with van der Waals surface area (Å²) in [5.41, 5.74) is 2.72. The zero-order chi connectivity index (χ0) is 16.4. The molecule has 0 radical (unpaired) electrons. The van der Waals surface area contributed by atoms with E-state index in [1.165, 1.54) is 5.56 Å². The molecule has 23 heavy (non-hydrogen) atoms. The minimum Gasteiger partial charge on any atom is -0.506 e. The van der Waals surface area contributed by atoms with Gasteiger partial charge in [0.05, 0.1) is 5.69 Å². The first-order valence-electron chi connectivity index (χ1n) is 7.43. The lowest BCUT2D eigenvalue weighted by Gasteiger charge is -2.18. The Hall–Kier alpha value is -2.82. The van der Waals surface area contributed by atoms with Gasteiger partial charge in [-0.2, -0.15) is 0 Å². The highest BCUT2D eigenvalue weighted by Crippen LogP contribution is 2.28. The molecule has 1 aromatic heterocycles. The SMILES string of the molecule is CC(C)(C)c1ccc(-c2nnc(Nc3ccccc3O)o2)cc1. The number of aromatic nitrogens is 2. The fourth-order valence-electron chi connectivity index (χ4n) is 2.20. The van der Waals surface area contributed by atoms with Crippen molar-refractivity contribution in [3.8, 4) is 17.2 Å².